The van der Waals surface area contributed by atoms with Crippen LogP contribution in [0.15, 0.2) is 52.5 Å². The van der Waals surface area contributed by atoms with E-state index in [1.54, 1.807) is 16.9 Å². The summed E-state index contributed by atoms with van der Waals surface area (Å²) in [5, 5.41) is 8.74. The monoisotopic (exact) mass is 330 g/mol. The van der Waals surface area contributed by atoms with E-state index in [4.69, 9.17) is 20.9 Å². The molecule has 0 aliphatic heterocycles. The van der Waals surface area contributed by atoms with Crippen LogP contribution in [0.25, 0.3) is 11.5 Å². The van der Waals surface area contributed by atoms with Crippen LogP contribution in [0.4, 0.5) is 0 Å². The second kappa shape index (κ2) is 6.66. The average Bonchev–Trinajstić information content (AvgIpc) is 3.17. The van der Waals surface area contributed by atoms with Crippen molar-refractivity contribution in [1.29, 1.82) is 0 Å². The zero-order valence-corrected chi connectivity index (χ0v) is 13.5. The third-order valence-electron chi connectivity index (χ3n) is 3.19. The third-order valence-corrected chi connectivity index (χ3v) is 3.52. The predicted octanol–water partition coefficient (Wildman–Crippen LogP) is 3.67. The van der Waals surface area contributed by atoms with Gasteiger partial charge in [0, 0.05) is 18.8 Å². The van der Waals surface area contributed by atoms with Crippen molar-refractivity contribution < 1.29 is 9.25 Å². The van der Waals surface area contributed by atoms with Gasteiger partial charge in [0.1, 0.15) is 12.0 Å². The molecular weight excluding hydrogens is 316 g/mol. The van der Waals surface area contributed by atoms with Gasteiger partial charge in [0.15, 0.2) is 6.61 Å². The van der Waals surface area contributed by atoms with Gasteiger partial charge in [-0.1, -0.05) is 28.9 Å². The van der Waals surface area contributed by atoms with Gasteiger partial charge in [-0.05, 0) is 19.1 Å². The van der Waals surface area contributed by atoms with Crippen molar-refractivity contribution >= 4 is 17.3 Å². The van der Waals surface area contributed by atoms with Gasteiger partial charge in [0.25, 0.3) is 0 Å². The van der Waals surface area contributed by atoms with E-state index < -0.39 is 0 Å². The standard InChI is InChI=1S/C16H15ClN4O2/c1-11(12-7-18-21(2)8-12)20-23-10-13-9-22-16(19-13)14-5-3-4-6-15(14)17/h3-9H,10H2,1-2H3/b20-11+. The summed E-state index contributed by atoms with van der Waals surface area (Å²) in [6.45, 7) is 2.07. The van der Waals surface area contributed by atoms with Crippen molar-refractivity contribution in [2.45, 2.75) is 13.5 Å². The average molecular weight is 331 g/mol. The quantitative estimate of drug-likeness (QED) is 0.529. The number of aryl methyl sites for hydroxylation is 1. The van der Waals surface area contributed by atoms with Crippen molar-refractivity contribution in [3.63, 3.8) is 0 Å². The van der Waals surface area contributed by atoms with Gasteiger partial charge in [-0.3, -0.25) is 4.68 Å². The summed E-state index contributed by atoms with van der Waals surface area (Å²) in [5.74, 6) is 0.460. The highest BCUT2D eigenvalue weighted by Crippen LogP contribution is 2.26. The van der Waals surface area contributed by atoms with E-state index in [1.165, 1.54) is 6.26 Å². The third kappa shape index (κ3) is 3.60. The fourth-order valence-corrected chi connectivity index (χ4v) is 2.20. The second-order valence-electron chi connectivity index (χ2n) is 4.98. The molecule has 0 spiro atoms. The van der Waals surface area contributed by atoms with E-state index in [2.05, 4.69) is 15.2 Å². The van der Waals surface area contributed by atoms with Crippen LogP contribution in [0, 0.1) is 0 Å². The summed E-state index contributed by atoms with van der Waals surface area (Å²) in [6.07, 6.45) is 5.13. The normalized spacial score (nSPS) is 11.7. The number of hydrogen-bond donors (Lipinski definition) is 0. The number of nitrogens with zero attached hydrogens (tertiary/aromatic N) is 4. The lowest BCUT2D eigenvalue weighted by molar-refractivity contribution is 0.127. The van der Waals surface area contributed by atoms with Crippen LogP contribution in [0.1, 0.15) is 18.2 Å². The number of benzene rings is 1. The molecule has 0 N–H and O–H groups in total. The van der Waals surface area contributed by atoms with Crippen LogP contribution in [-0.4, -0.2) is 20.5 Å². The van der Waals surface area contributed by atoms with Crippen LogP contribution < -0.4 is 0 Å². The Labute approximate surface area is 138 Å². The highest BCUT2D eigenvalue weighted by molar-refractivity contribution is 6.33. The molecule has 0 radical (unpaired) electrons. The SMILES string of the molecule is C/C(=N\OCc1coc(-c2ccccc2Cl)n1)c1cnn(C)c1. The van der Waals surface area contributed by atoms with Crippen molar-refractivity contribution in [2.75, 3.05) is 0 Å². The first-order valence-electron chi connectivity index (χ1n) is 6.98. The van der Waals surface area contributed by atoms with Gasteiger partial charge in [0.05, 0.1) is 22.5 Å². The zero-order chi connectivity index (χ0) is 16.2. The predicted molar refractivity (Wildman–Crippen MR) is 87.2 cm³/mol. The molecule has 0 aliphatic carbocycles. The number of hydrogen-bond acceptors (Lipinski definition) is 5. The van der Waals surface area contributed by atoms with Gasteiger partial charge in [0.2, 0.25) is 5.89 Å². The molecule has 2 heterocycles. The summed E-state index contributed by atoms with van der Waals surface area (Å²) in [7, 11) is 1.85. The zero-order valence-electron chi connectivity index (χ0n) is 12.7. The first kappa shape index (κ1) is 15.3. The molecule has 118 valence electrons. The van der Waals surface area contributed by atoms with E-state index in [0.717, 1.165) is 16.8 Å². The summed E-state index contributed by atoms with van der Waals surface area (Å²) < 4.78 is 7.15. The van der Waals surface area contributed by atoms with Crippen molar-refractivity contribution in [1.82, 2.24) is 14.8 Å². The minimum absolute atomic E-state index is 0.214. The maximum absolute atomic E-state index is 6.12. The van der Waals surface area contributed by atoms with Gasteiger partial charge < -0.3 is 9.25 Å². The highest BCUT2D eigenvalue weighted by atomic mass is 35.5. The molecule has 1 aromatic carbocycles. The Morgan fingerprint density at radius 2 is 2.22 bits per heavy atom. The topological polar surface area (TPSA) is 65.4 Å². The molecular formula is C16H15ClN4O2. The van der Waals surface area contributed by atoms with Crippen molar-refractivity contribution in [3.8, 4) is 11.5 Å². The number of aromatic nitrogens is 3. The summed E-state index contributed by atoms with van der Waals surface area (Å²) in [5.41, 5.74) is 3.04. The molecule has 3 aromatic rings. The molecule has 0 bridgehead atoms. The molecule has 2 aromatic heterocycles. The highest BCUT2D eigenvalue weighted by Gasteiger charge is 2.10. The minimum atomic E-state index is 0.214. The van der Waals surface area contributed by atoms with Gasteiger partial charge in [-0.2, -0.15) is 5.10 Å². The van der Waals surface area contributed by atoms with E-state index in [1.807, 2.05) is 38.4 Å². The fraction of sp³-hybridized carbons (Fsp3) is 0.188. The van der Waals surface area contributed by atoms with Crippen LogP contribution in [-0.2, 0) is 18.5 Å². The van der Waals surface area contributed by atoms with Gasteiger partial charge >= 0.3 is 0 Å². The van der Waals surface area contributed by atoms with Crippen molar-refractivity contribution in [2.24, 2.45) is 12.2 Å². The summed E-state index contributed by atoms with van der Waals surface area (Å²) in [4.78, 5) is 9.67. The first-order valence-corrected chi connectivity index (χ1v) is 7.36. The molecule has 0 unspecified atom stereocenters. The molecule has 0 aliphatic rings. The molecule has 0 amide bonds. The molecule has 23 heavy (non-hydrogen) atoms. The van der Waals surface area contributed by atoms with E-state index >= 15 is 0 Å². The second-order valence-corrected chi connectivity index (χ2v) is 5.38. The number of halogens is 1. The first-order chi connectivity index (χ1) is 11.1. The van der Waals surface area contributed by atoms with E-state index in [0.29, 0.717) is 16.6 Å². The van der Waals surface area contributed by atoms with E-state index in [-0.39, 0.29) is 6.61 Å². The van der Waals surface area contributed by atoms with Crippen LogP contribution in [0.2, 0.25) is 5.02 Å². The maximum atomic E-state index is 6.12. The van der Waals surface area contributed by atoms with Crippen LogP contribution >= 0.6 is 11.6 Å². The molecule has 3 rings (SSSR count). The Morgan fingerprint density at radius 1 is 1.39 bits per heavy atom. The number of oxime groups is 1. The molecule has 0 fully saturated rings. The van der Waals surface area contributed by atoms with Gasteiger partial charge in [-0.25, -0.2) is 4.98 Å². The molecule has 0 saturated heterocycles. The Bertz CT molecular complexity index is 838. The lowest BCUT2D eigenvalue weighted by Crippen LogP contribution is -1.96. The summed E-state index contributed by atoms with van der Waals surface area (Å²) >= 11 is 6.12. The summed E-state index contributed by atoms with van der Waals surface area (Å²) in [6, 6.07) is 7.38. The maximum Gasteiger partial charge on any atom is 0.227 e. The molecule has 0 atom stereocenters. The van der Waals surface area contributed by atoms with Crippen molar-refractivity contribution in [3.05, 3.63) is 59.2 Å². The van der Waals surface area contributed by atoms with Gasteiger partial charge in [-0.15, -0.1) is 0 Å². The largest absolute Gasteiger partial charge is 0.444 e. The Kier molecular flexibility index (Phi) is 4.43. The smallest absolute Gasteiger partial charge is 0.227 e. The minimum Gasteiger partial charge on any atom is -0.444 e. The lowest BCUT2D eigenvalue weighted by atomic mass is 10.2. The molecule has 0 saturated carbocycles. The Balaban J connectivity index is 1.65. The fourth-order valence-electron chi connectivity index (χ4n) is 1.99. The lowest BCUT2D eigenvalue weighted by Gasteiger charge is -1.98. The van der Waals surface area contributed by atoms with Crippen LogP contribution in [0.3, 0.4) is 0 Å². The van der Waals surface area contributed by atoms with E-state index in [9.17, 15) is 0 Å². The van der Waals surface area contributed by atoms with Crippen LogP contribution in [0.5, 0.6) is 0 Å². The molecule has 6 nitrogen and oxygen atoms in total. The number of oxazole rings is 1. The Morgan fingerprint density at radius 3 is 2.96 bits per heavy atom. The number of rotatable bonds is 5. The molecule has 7 heteroatoms. The Hall–Kier alpha value is -2.60.